The molecule has 0 fully saturated rings. The molecule has 1 aromatic rings. The van der Waals surface area contributed by atoms with E-state index >= 15 is 0 Å². The van der Waals surface area contributed by atoms with Crippen LogP contribution < -0.4 is 10.5 Å². The molecule has 0 aromatic heterocycles. The first-order valence-electron chi connectivity index (χ1n) is 6.25. The van der Waals surface area contributed by atoms with E-state index in [1.807, 2.05) is 7.05 Å². The molecule has 0 aliphatic carbocycles. The van der Waals surface area contributed by atoms with Crippen LogP contribution in [0.25, 0.3) is 0 Å². The van der Waals surface area contributed by atoms with Gasteiger partial charge in [-0.2, -0.15) is 8.78 Å². The van der Waals surface area contributed by atoms with Crippen LogP contribution in [0.2, 0.25) is 0 Å². The number of rotatable bonds is 7. The van der Waals surface area contributed by atoms with Gasteiger partial charge >= 0.3 is 6.61 Å². The zero-order valence-corrected chi connectivity index (χ0v) is 12.9. The summed E-state index contributed by atoms with van der Waals surface area (Å²) < 4.78 is 28.3. The molecule has 6 heteroatoms. The molecule has 0 bridgehead atoms. The quantitative estimate of drug-likeness (QED) is 0.841. The lowest BCUT2D eigenvalue weighted by atomic mass is 9.93. The molecule has 1 aromatic carbocycles. The van der Waals surface area contributed by atoms with Crippen LogP contribution in [0.3, 0.4) is 0 Å². The normalized spacial score (nSPS) is 11.6. The number of hydrogen-bond acceptors (Lipinski definition) is 3. The fraction of sp³-hybridized carbons (Fsp3) is 0.571. The van der Waals surface area contributed by atoms with Crippen LogP contribution in [0, 0.1) is 5.41 Å². The largest absolute Gasteiger partial charge is 0.435 e. The lowest BCUT2D eigenvalue weighted by Gasteiger charge is -2.29. The van der Waals surface area contributed by atoms with Crippen molar-refractivity contribution in [1.29, 1.82) is 0 Å². The number of alkyl halides is 2. The van der Waals surface area contributed by atoms with Gasteiger partial charge in [0.25, 0.3) is 0 Å². The smallest absolute Gasteiger partial charge is 0.387 e. The van der Waals surface area contributed by atoms with E-state index in [0.29, 0.717) is 6.54 Å². The van der Waals surface area contributed by atoms with Crippen molar-refractivity contribution in [3.05, 3.63) is 29.8 Å². The summed E-state index contributed by atoms with van der Waals surface area (Å²) in [5.74, 6) is 0.184. The van der Waals surface area contributed by atoms with Gasteiger partial charge in [-0.15, -0.1) is 12.4 Å². The van der Waals surface area contributed by atoms with Crippen molar-refractivity contribution in [3.8, 4) is 5.75 Å². The van der Waals surface area contributed by atoms with Crippen molar-refractivity contribution in [3.63, 3.8) is 0 Å². The number of nitrogens with zero attached hydrogens (tertiary/aromatic N) is 1. The maximum Gasteiger partial charge on any atom is 0.387 e. The molecule has 0 atom stereocenters. The summed E-state index contributed by atoms with van der Waals surface area (Å²) in [5, 5.41) is 0. The van der Waals surface area contributed by atoms with E-state index in [2.05, 4.69) is 23.5 Å². The van der Waals surface area contributed by atoms with Crippen molar-refractivity contribution in [2.75, 3.05) is 20.1 Å². The fourth-order valence-corrected chi connectivity index (χ4v) is 1.94. The second-order valence-corrected chi connectivity index (χ2v) is 5.56. The molecule has 0 unspecified atom stereocenters. The third-order valence-electron chi connectivity index (χ3n) is 2.85. The summed E-state index contributed by atoms with van der Waals surface area (Å²) in [6.07, 6.45) is 0. The molecular formula is C14H23ClF2N2O. The van der Waals surface area contributed by atoms with E-state index in [0.717, 1.165) is 18.7 Å². The summed E-state index contributed by atoms with van der Waals surface area (Å²) in [6, 6.07) is 6.71. The van der Waals surface area contributed by atoms with Gasteiger partial charge < -0.3 is 15.4 Å². The Morgan fingerprint density at radius 2 is 1.80 bits per heavy atom. The van der Waals surface area contributed by atoms with E-state index in [-0.39, 0.29) is 23.6 Å². The van der Waals surface area contributed by atoms with Gasteiger partial charge in [-0.05, 0) is 36.7 Å². The number of halogens is 3. The minimum Gasteiger partial charge on any atom is -0.435 e. The summed E-state index contributed by atoms with van der Waals surface area (Å²) >= 11 is 0. The van der Waals surface area contributed by atoms with Gasteiger partial charge in [-0.1, -0.05) is 26.0 Å². The predicted molar refractivity (Wildman–Crippen MR) is 79.5 cm³/mol. The van der Waals surface area contributed by atoms with Crippen molar-refractivity contribution < 1.29 is 13.5 Å². The van der Waals surface area contributed by atoms with Crippen LogP contribution in [0.5, 0.6) is 5.75 Å². The lowest BCUT2D eigenvalue weighted by molar-refractivity contribution is -0.0498. The average Bonchev–Trinajstić information content (AvgIpc) is 2.30. The van der Waals surface area contributed by atoms with E-state index in [1.54, 1.807) is 24.3 Å². The molecule has 0 spiro atoms. The monoisotopic (exact) mass is 308 g/mol. The van der Waals surface area contributed by atoms with Crippen LogP contribution in [0.1, 0.15) is 19.4 Å². The molecule has 2 N–H and O–H groups in total. The number of benzene rings is 1. The molecule has 0 saturated heterocycles. The standard InChI is InChI=1S/C14H22F2N2O.ClH/c1-14(2,9-17)10-18(3)8-11-4-6-12(7-5-11)19-13(15)16;/h4-7,13H,8-10,17H2,1-3H3;1H. The van der Waals surface area contributed by atoms with E-state index < -0.39 is 6.61 Å². The van der Waals surface area contributed by atoms with Crippen LogP contribution in [0.15, 0.2) is 24.3 Å². The van der Waals surface area contributed by atoms with Gasteiger partial charge in [0.15, 0.2) is 0 Å². The van der Waals surface area contributed by atoms with Crippen LogP contribution in [-0.4, -0.2) is 31.6 Å². The molecule has 0 saturated carbocycles. The Hall–Kier alpha value is -0.910. The van der Waals surface area contributed by atoms with Gasteiger partial charge in [0.1, 0.15) is 5.75 Å². The lowest BCUT2D eigenvalue weighted by Crippen LogP contribution is -2.36. The SMILES string of the molecule is CN(Cc1ccc(OC(F)F)cc1)CC(C)(C)CN.Cl. The highest BCUT2D eigenvalue weighted by molar-refractivity contribution is 5.85. The predicted octanol–water partition coefficient (Wildman–Crippen LogP) is 3.13. The Bertz CT molecular complexity index is 385. The molecule has 116 valence electrons. The van der Waals surface area contributed by atoms with E-state index in [1.165, 1.54) is 0 Å². The van der Waals surface area contributed by atoms with Crippen LogP contribution >= 0.6 is 12.4 Å². The second kappa shape index (κ2) is 8.39. The van der Waals surface area contributed by atoms with Gasteiger partial charge in [-0.3, -0.25) is 0 Å². The fourth-order valence-electron chi connectivity index (χ4n) is 1.94. The maximum absolute atomic E-state index is 12.0. The van der Waals surface area contributed by atoms with Crippen LogP contribution in [0.4, 0.5) is 8.78 Å². The van der Waals surface area contributed by atoms with Gasteiger partial charge in [0.2, 0.25) is 0 Å². The van der Waals surface area contributed by atoms with Crippen molar-refractivity contribution >= 4 is 12.4 Å². The van der Waals surface area contributed by atoms with Gasteiger partial charge in [0.05, 0.1) is 0 Å². The molecule has 0 aliphatic heterocycles. The van der Waals surface area contributed by atoms with Crippen LogP contribution in [-0.2, 0) is 6.54 Å². The van der Waals surface area contributed by atoms with E-state index in [4.69, 9.17) is 5.73 Å². The Balaban J connectivity index is 0.00000361. The third kappa shape index (κ3) is 7.03. The van der Waals surface area contributed by atoms with Gasteiger partial charge in [0, 0.05) is 13.1 Å². The first-order chi connectivity index (χ1) is 8.82. The summed E-state index contributed by atoms with van der Waals surface area (Å²) in [5.41, 5.74) is 6.82. The zero-order chi connectivity index (χ0) is 14.5. The van der Waals surface area contributed by atoms with Crippen molar-refractivity contribution in [1.82, 2.24) is 4.90 Å². The minimum absolute atomic E-state index is 0. The molecule has 0 radical (unpaired) electrons. The Morgan fingerprint density at radius 3 is 2.25 bits per heavy atom. The molecule has 20 heavy (non-hydrogen) atoms. The van der Waals surface area contributed by atoms with Crippen molar-refractivity contribution in [2.24, 2.45) is 11.1 Å². The number of nitrogens with two attached hydrogens (primary N) is 1. The topological polar surface area (TPSA) is 38.5 Å². The highest BCUT2D eigenvalue weighted by Crippen LogP contribution is 2.18. The average molecular weight is 309 g/mol. The maximum atomic E-state index is 12.0. The molecular weight excluding hydrogens is 286 g/mol. The molecule has 1 rings (SSSR count). The summed E-state index contributed by atoms with van der Waals surface area (Å²) in [4.78, 5) is 2.16. The Kier molecular flexibility index (Phi) is 8.01. The molecule has 3 nitrogen and oxygen atoms in total. The highest BCUT2D eigenvalue weighted by Gasteiger charge is 2.18. The number of hydrogen-bond donors (Lipinski definition) is 1. The first kappa shape index (κ1) is 19.1. The Morgan fingerprint density at radius 1 is 1.25 bits per heavy atom. The van der Waals surface area contributed by atoms with Gasteiger partial charge in [-0.25, -0.2) is 0 Å². The first-order valence-corrected chi connectivity index (χ1v) is 6.25. The number of ether oxygens (including phenoxy) is 1. The van der Waals surface area contributed by atoms with Crippen molar-refractivity contribution in [2.45, 2.75) is 27.0 Å². The third-order valence-corrected chi connectivity index (χ3v) is 2.85. The molecule has 0 heterocycles. The zero-order valence-electron chi connectivity index (χ0n) is 12.1. The summed E-state index contributed by atoms with van der Waals surface area (Å²) in [7, 11) is 2.01. The highest BCUT2D eigenvalue weighted by atomic mass is 35.5. The van der Waals surface area contributed by atoms with E-state index in [9.17, 15) is 8.78 Å². The molecule has 0 amide bonds. The minimum atomic E-state index is -2.78. The Labute approximate surface area is 125 Å². The summed E-state index contributed by atoms with van der Waals surface area (Å²) in [6.45, 7) is 3.70. The second-order valence-electron chi connectivity index (χ2n) is 5.56. The molecule has 0 aliphatic rings.